The molecule has 6 heteroatoms. The van der Waals surface area contributed by atoms with Crippen molar-refractivity contribution in [2.24, 2.45) is 0 Å². The quantitative estimate of drug-likeness (QED) is 0.638. The van der Waals surface area contributed by atoms with E-state index in [2.05, 4.69) is 20.9 Å². The second kappa shape index (κ2) is 7.74. The molecule has 0 aliphatic carbocycles. The molecule has 0 aliphatic heterocycles. The van der Waals surface area contributed by atoms with Crippen LogP contribution in [0, 0.1) is 0 Å². The molecular formula is C20H19BrN2O3. The minimum absolute atomic E-state index is 0.255. The van der Waals surface area contributed by atoms with Gasteiger partial charge >= 0.3 is 5.97 Å². The molecule has 0 fully saturated rings. The summed E-state index contributed by atoms with van der Waals surface area (Å²) >= 11 is 3.43. The topological polar surface area (TPSA) is 62.4 Å². The fraction of sp³-hybridized carbons (Fsp3) is 0.200. The summed E-state index contributed by atoms with van der Waals surface area (Å²) < 4.78 is 6.01. The largest absolute Gasteiger partial charge is 0.448 e. The zero-order valence-corrected chi connectivity index (χ0v) is 16.1. The zero-order chi connectivity index (χ0) is 18.7. The Morgan fingerprint density at radius 3 is 2.46 bits per heavy atom. The molecule has 0 saturated heterocycles. The third kappa shape index (κ3) is 3.80. The minimum atomic E-state index is -0.880. The van der Waals surface area contributed by atoms with Crippen LogP contribution in [0.2, 0.25) is 0 Å². The molecule has 2 aromatic carbocycles. The number of ether oxygens (including phenoxy) is 1. The maximum absolute atomic E-state index is 12.5. The molecular weight excluding hydrogens is 396 g/mol. The molecule has 1 aromatic heterocycles. The van der Waals surface area contributed by atoms with E-state index in [1.165, 1.54) is 0 Å². The van der Waals surface area contributed by atoms with Gasteiger partial charge in [0.05, 0.1) is 4.47 Å². The van der Waals surface area contributed by atoms with Gasteiger partial charge in [-0.15, -0.1) is 0 Å². The summed E-state index contributed by atoms with van der Waals surface area (Å²) in [5, 5.41) is 0.889. The first-order valence-corrected chi connectivity index (χ1v) is 9.02. The first kappa shape index (κ1) is 18.2. The van der Waals surface area contributed by atoms with Crippen LogP contribution in [-0.2, 0) is 16.1 Å². The van der Waals surface area contributed by atoms with Gasteiger partial charge in [-0.3, -0.25) is 4.79 Å². The van der Waals surface area contributed by atoms with E-state index < -0.39 is 12.1 Å². The second-order valence-electron chi connectivity index (χ2n) is 6.09. The maximum atomic E-state index is 12.5. The third-order valence-electron chi connectivity index (χ3n) is 4.12. The average molecular weight is 415 g/mol. The molecule has 1 heterocycles. The number of para-hydroxylation sites is 1. The molecule has 1 unspecified atom stereocenters. The number of halogens is 1. The van der Waals surface area contributed by atoms with Crippen molar-refractivity contribution in [1.82, 2.24) is 9.88 Å². The van der Waals surface area contributed by atoms with Gasteiger partial charge in [-0.2, -0.15) is 0 Å². The number of esters is 1. The lowest BCUT2D eigenvalue weighted by Gasteiger charge is -2.21. The Kier molecular flexibility index (Phi) is 5.42. The van der Waals surface area contributed by atoms with Crippen LogP contribution in [0.4, 0.5) is 0 Å². The zero-order valence-electron chi connectivity index (χ0n) is 14.5. The number of rotatable bonds is 5. The van der Waals surface area contributed by atoms with Crippen molar-refractivity contribution < 1.29 is 14.3 Å². The number of likely N-dealkylation sites (N-methyl/N-ethyl adjacent to an activating group) is 1. The highest BCUT2D eigenvalue weighted by atomic mass is 79.9. The second-order valence-corrected chi connectivity index (χ2v) is 6.88. The van der Waals surface area contributed by atoms with E-state index in [4.69, 9.17) is 4.74 Å². The van der Waals surface area contributed by atoms with Gasteiger partial charge in [-0.05, 0) is 34.5 Å². The van der Waals surface area contributed by atoms with Crippen LogP contribution in [0.25, 0.3) is 10.9 Å². The maximum Gasteiger partial charge on any atom is 0.356 e. The fourth-order valence-electron chi connectivity index (χ4n) is 2.76. The fourth-order valence-corrected chi connectivity index (χ4v) is 3.37. The molecule has 26 heavy (non-hydrogen) atoms. The lowest BCUT2D eigenvalue weighted by molar-refractivity contribution is -0.139. The van der Waals surface area contributed by atoms with Gasteiger partial charge in [0.25, 0.3) is 5.91 Å². The summed E-state index contributed by atoms with van der Waals surface area (Å²) in [7, 11) is 1.69. The SMILES string of the molecule is CC(OC(=O)c1[nH]c2ccccc2c1Br)C(=O)N(C)Cc1ccccc1. The number of aromatic amines is 1. The molecule has 0 saturated carbocycles. The summed E-state index contributed by atoms with van der Waals surface area (Å²) in [6.45, 7) is 2.04. The van der Waals surface area contributed by atoms with Gasteiger partial charge in [0.15, 0.2) is 6.10 Å². The van der Waals surface area contributed by atoms with Crippen LogP contribution in [0.3, 0.4) is 0 Å². The number of hydrogen-bond acceptors (Lipinski definition) is 3. The Labute approximate surface area is 160 Å². The van der Waals surface area contributed by atoms with Crippen molar-refractivity contribution in [3.05, 3.63) is 70.3 Å². The van der Waals surface area contributed by atoms with Crippen molar-refractivity contribution in [2.75, 3.05) is 7.05 Å². The van der Waals surface area contributed by atoms with Gasteiger partial charge in [-0.25, -0.2) is 4.79 Å². The Morgan fingerprint density at radius 2 is 1.77 bits per heavy atom. The van der Waals surface area contributed by atoms with Crippen molar-refractivity contribution >= 4 is 38.7 Å². The van der Waals surface area contributed by atoms with Crippen LogP contribution in [0.15, 0.2) is 59.1 Å². The number of nitrogens with one attached hydrogen (secondary N) is 1. The van der Waals surface area contributed by atoms with Crippen molar-refractivity contribution in [1.29, 1.82) is 0 Å². The van der Waals surface area contributed by atoms with Gasteiger partial charge in [-0.1, -0.05) is 48.5 Å². The molecule has 0 aliphatic rings. The predicted octanol–water partition coefficient (Wildman–Crippen LogP) is 4.13. The third-order valence-corrected chi connectivity index (χ3v) is 4.94. The number of carbonyl (C=O) groups is 2. The highest BCUT2D eigenvalue weighted by molar-refractivity contribution is 9.10. The number of fused-ring (bicyclic) bond motifs is 1. The number of aromatic nitrogens is 1. The standard InChI is InChI=1S/C20H19BrN2O3/c1-13(19(24)23(2)12-14-8-4-3-5-9-14)26-20(25)18-17(21)15-10-6-7-11-16(15)22-18/h3-11,13,22H,12H2,1-2H3. The van der Waals surface area contributed by atoms with E-state index in [9.17, 15) is 9.59 Å². The van der Waals surface area contributed by atoms with Gasteiger partial charge in [0.2, 0.25) is 0 Å². The lowest BCUT2D eigenvalue weighted by Crippen LogP contribution is -2.37. The van der Waals surface area contributed by atoms with E-state index in [-0.39, 0.29) is 5.91 Å². The summed E-state index contributed by atoms with van der Waals surface area (Å²) in [5.74, 6) is -0.823. The minimum Gasteiger partial charge on any atom is -0.448 e. The number of amides is 1. The summed E-state index contributed by atoms with van der Waals surface area (Å²) in [4.78, 5) is 29.6. The highest BCUT2D eigenvalue weighted by Gasteiger charge is 2.25. The van der Waals surface area contributed by atoms with E-state index in [0.717, 1.165) is 16.5 Å². The smallest absolute Gasteiger partial charge is 0.356 e. The Morgan fingerprint density at radius 1 is 1.12 bits per heavy atom. The summed E-state index contributed by atoms with van der Waals surface area (Å²) in [6, 6.07) is 17.2. The van der Waals surface area contributed by atoms with E-state index in [0.29, 0.717) is 16.7 Å². The number of nitrogens with zero attached hydrogens (tertiary/aromatic N) is 1. The van der Waals surface area contributed by atoms with Crippen molar-refractivity contribution in [2.45, 2.75) is 19.6 Å². The predicted molar refractivity (Wildman–Crippen MR) is 104 cm³/mol. The molecule has 1 atom stereocenters. The molecule has 0 bridgehead atoms. The first-order chi connectivity index (χ1) is 12.5. The van der Waals surface area contributed by atoms with E-state index in [1.807, 2.05) is 54.6 Å². The van der Waals surface area contributed by atoms with Crippen LogP contribution in [-0.4, -0.2) is 34.9 Å². The van der Waals surface area contributed by atoms with E-state index in [1.54, 1.807) is 18.9 Å². The van der Waals surface area contributed by atoms with Crippen molar-refractivity contribution in [3.63, 3.8) is 0 Å². The highest BCUT2D eigenvalue weighted by Crippen LogP contribution is 2.28. The van der Waals surface area contributed by atoms with Crippen LogP contribution in [0.5, 0.6) is 0 Å². The van der Waals surface area contributed by atoms with Crippen LogP contribution < -0.4 is 0 Å². The Bertz CT molecular complexity index is 937. The normalized spacial score (nSPS) is 12.0. The monoisotopic (exact) mass is 414 g/mol. The Balaban J connectivity index is 1.68. The molecule has 3 aromatic rings. The molecule has 5 nitrogen and oxygen atoms in total. The van der Waals surface area contributed by atoms with Gasteiger partial charge in [0, 0.05) is 24.5 Å². The summed E-state index contributed by atoms with van der Waals surface area (Å²) in [6.07, 6.45) is -0.880. The molecule has 0 radical (unpaired) electrons. The van der Waals surface area contributed by atoms with Gasteiger partial charge < -0.3 is 14.6 Å². The average Bonchev–Trinajstić information content (AvgIpc) is 2.99. The van der Waals surface area contributed by atoms with E-state index >= 15 is 0 Å². The molecule has 3 rings (SSSR count). The van der Waals surface area contributed by atoms with Crippen LogP contribution >= 0.6 is 15.9 Å². The summed E-state index contributed by atoms with van der Waals surface area (Å²) in [5.41, 5.74) is 2.14. The molecule has 134 valence electrons. The lowest BCUT2D eigenvalue weighted by atomic mass is 10.2. The molecule has 1 N–H and O–H groups in total. The first-order valence-electron chi connectivity index (χ1n) is 8.23. The van der Waals surface area contributed by atoms with Crippen LogP contribution in [0.1, 0.15) is 23.0 Å². The number of hydrogen-bond donors (Lipinski definition) is 1. The number of carbonyl (C=O) groups excluding carboxylic acids is 2. The number of H-pyrrole nitrogens is 1. The Hall–Kier alpha value is -2.60. The van der Waals surface area contributed by atoms with Gasteiger partial charge in [0.1, 0.15) is 5.69 Å². The molecule has 0 spiro atoms. The number of benzene rings is 2. The molecule has 1 amide bonds. The van der Waals surface area contributed by atoms with Crippen molar-refractivity contribution in [3.8, 4) is 0 Å².